The summed E-state index contributed by atoms with van der Waals surface area (Å²) in [4.78, 5) is 2.41. The molecule has 0 saturated heterocycles. The van der Waals surface area contributed by atoms with Gasteiger partial charge < -0.3 is 4.90 Å². The average molecular weight is 251 g/mol. The van der Waals surface area contributed by atoms with Crippen molar-refractivity contribution in [3.63, 3.8) is 0 Å². The van der Waals surface area contributed by atoms with E-state index >= 15 is 0 Å². The number of rotatable bonds is 7. The van der Waals surface area contributed by atoms with Gasteiger partial charge in [0.1, 0.15) is 0 Å². The van der Waals surface area contributed by atoms with Crippen molar-refractivity contribution in [1.29, 1.82) is 0 Å². The van der Waals surface area contributed by atoms with Crippen LogP contribution in [0.2, 0.25) is 0 Å². The molecule has 0 bridgehead atoms. The Kier molecular flexibility index (Phi) is 6.68. The summed E-state index contributed by atoms with van der Waals surface area (Å²) in [5.41, 5.74) is 2.75. The van der Waals surface area contributed by atoms with Gasteiger partial charge in [-0.3, -0.25) is 0 Å². The Morgan fingerprint density at radius 2 is 2.12 bits per heavy atom. The molecule has 0 fully saturated rings. The van der Waals surface area contributed by atoms with Crippen molar-refractivity contribution in [3.8, 4) is 0 Å². The van der Waals surface area contributed by atoms with E-state index in [0.29, 0.717) is 0 Å². The van der Waals surface area contributed by atoms with Crippen molar-refractivity contribution < 1.29 is 0 Å². The van der Waals surface area contributed by atoms with Gasteiger partial charge in [-0.15, -0.1) is 0 Å². The number of hydrogen-bond acceptors (Lipinski definition) is 2. The van der Waals surface area contributed by atoms with Gasteiger partial charge in [0.25, 0.3) is 0 Å². The monoisotopic (exact) mass is 251 g/mol. The molecule has 0 radical (unpaired) electrons. The molecule has 2 heteroatoms. The minimum atomic E-state index is 0.721. The van der Waals surface area contributed by atoms with Gasteiger partial charge in [-0.25, -0.2) is 0 Å². The van der Waals surface area contributed by atoms with Gasteiger partial charge in [0.05, 0.1) is 0 Å². The predicted octanol–water partition coefficient (Wildman–Crippen LogP) is 3.77. The molecule has 0 aliphatic heterocycles. The number of aryl methyl sites for hydroxylation is 1. The topological polar surface area (TPSA) is 3.24 Å². The smallest absolute Gasteiger partial charge is 0.0230 e. The standard InChI is InChI=1S/C15H25NS/c1-4-6-15(12-17)11-16(3)10-14-8-5-7-13(2)9-14/h5,7-9,15,17H,4,6,10-12H2,1-3H3. The van der Waals surface area contributed by atoms with Crippen LogP contribution in [0.5, 0.6) is 0 Å². The SMILES string of the molecule is CCCC(CS)CN(C)Cc1cccc(C)c1. The highest BCUT2D eigenvalue weighted by molar-refractivity contribution is 7.80. The largest absolute Gasteiger partial charge is 0.302 e. The van der Waals surface area contributed by atoms with E-state index in [-0.39, 0.29) is 0 Å². The first-order chi connectivity index (χ1) is 8.15. The summed E-state index contributed by atoms with van der Waals surface area (Å²) in [5, 5.41) is 0. The second kappa shape index (κ2) is 7.78. The lowest BCUT2D eigenvalue weighted by molar-refractivity contribution is 0.273. The molecule has 0 aromatic heterocycles. The van der Waals surface area contributed by atoms with Crippen LogP contribution in [-0.2, 0) is 6.54 Å². The Hall–Kier alpha value is -0.470. The zero-order valence-corrected chi connectivity index (χ0v) is 12.2. The number of hydrogen-bond donors (Lipinski definition) is 1. The summed E-state index contributed by atoms with van der Waals surface area (Å²) in [5.74, 6) is 1.71. The Morgan fingerprint density at radius 1 is 1.35 bits per heavy atom. The molecule has 1 aromatic rings. The van der Waals surface area contributed by atoms with Crippen LogP contribution >= 0.6 is 12.6 Å². The third kappa shape index (κ3) is 5.60. The Balaban J connectivity index is 2.45. The fourth-order valence-corrected chi connectivity index (χ4v) is 2.57. The molecule has 1 unspecified atom stereocenters. The summed E-state index contributed by atoms with van der Waals surface area (Å²) >= 11 is 4.44. The molecule has 0 aliphatic carbocycles. The Bertz CT molecular complexity index is 324. The summed E-state index contributed by atoms with van der Waals surface area (Å²) in [6.07, 6.45) is 2.53. The summed E-state index contributed by atoms with van der Waals surface area (Å²) in [6.45, 7) is 6.58. The summed E-state index contributed by atoms with van der Waals surface area (Å²) < 4.78 is 0. The normalized spacial score (nSPS) is 13.0. The molecule has 0 saturated carbocycles. The van der Waals surface area contributed by atoms with Gasteiger partial charge in [-0.05, 0) is 37.6 Å². The predicted molar refractivity (Wildman–Crippen MR) is 79.8 cm³/mol. The second-order valence-corrected chi connectivity index (χ2v) is 5.39. The van der Waals surface area contributed by atoms with Gasteiger partial charge in [-0.2, -0.15) is 12.6 Å². The van der Waals surface area contributed by atoms with Crippen molar-refractivity contribution in [2.45, 2.75) is 33.2 Å². The highest BCUT2D eigenvalue weighted by Gasteiger charge is 2.09. The molecule has 1 nitrogen and oxygen atoms in total. The van der Waals surface area contributed by atoms with E-state index in [9.17, 15) is 0 Å². The van der Waals surface area contributed by atoms with Crippen molar-refractivity contribution in [2.75, 3.05) is 19.3 Å². The Morgan fingerprint density at radius 3 is 2.71 bits per heavy atom. The molecule has 0 amide bonds. The van der Waals surface area contributed by atoms with Crippen molar-refractivity contribution in [3.05, 3.63) is 35.4 Å². The lowest BCUT2D eigenvalue weighted by Gasteiger charge is -2.22. The third-order valence-electron chi connectivity index (χ3n) is 3.06. The van der Waals surface area contributed by atoms with E-state index in [0.717, 1.165) is 24.8 Å². The maximum atomic E-state index is 4.44. The molecule has 17 heavy (non-hydrogen) atoms. The lowest BCUT2D eigenvalue weighted by Crippen LogP contribution is -2.26. The number of nitrogens with zero attached hydrogens (tertiary/aromatic N) is 1. The van der Waals surface area contributed by atoms with Gasteiger partial charge in [-0.1, -0.05) is 43.2 Å². The summed E-state index contributed by atoms with van der Waals surface area (Å²) in [6, 6.07) is 8.77. The number of benzene rings is 1. The van der Waals surface area contributed by atoms with Crippen LogP contribution < -0.4 is 0 Å². The fourth-order valence-electron chi connectivity index (χ4n) is 2.28. The first-order valence-corrected chi connectivity index (χ1v) is 7.14. The van der Waals surface area contributed by atoms with Crippen LogP contribution in [0.25, 0.3) is 0 Å². The fraction of sp³-hybridized carbons (Fsp3) is 0.600. The van der Waals surface area contributed by atoms with Crippen molar-refractivity contribution >= 4 is 12.6 Å². The van der Waals surface area contributed by atoms with E-state index in [4.69, 9.17) is 0 Å². The molecule has 0 spiro atoms. The molecule has 0 aliphatic rings. The zero-order valence-electron chi connectivity index (χ0n) is 11.3. The van der Waals surface area contributed by atoms with Crippen LogP contribution in [0, 0.1) is 12.8 Å². The van der Waals surface area contributed by atoms with E-state index in [1.807, 2.05) is 0 Å². The van der Waals surface area contributed by atoms with Gasteiger partial charge >= 0.3 is 0 Å². The van der Waals surface area contributed by atoms with Gasteiger partial charge in [0.15, 0.2) is 0 Å². The maximum Gasteiger partial charge on any atom is 0.0230 e. The third-order valence-corrected chi connectivity index (χ3v) is 3.58. The van der Waals surface area contributed by atoms with Crippen LogP contribution in [0.4, 0.5) is 0 Å². The van der Waals surface area contributed by atoms with Crippen LogP contribution in [0.15, 0.2) is 24.3 Å². The minimum absolute atomic E-state index is 0.721. The van der Waals surface area contributed by atoms with Crippen molar-refractivity contribution in [2.24, 2.45) is 5.92 Å². The quantitative estimate of drug-likeness (QED) is 0.722. The first-order valence-electron chi connectivity index (χ1n) is 6.50. The molecule has 1 aromatic carbocycles. The van der Waals surface area contributed by atoms with Crippen LogP contribution in [0.1, 0.15) is 30.9 Å². The second-order valence-electron chi connectivity index (χ2n) is 5.02. The highest BCUT2D eigenvalue weighted by atomic mass is 32.1. The van der Waals surface area contributed by atoms with Gasteiger partial charge in [0.2, 0.25) is 0 Å². The van der Waals surface area contributed by atoms with E-state index in [1.165, 1.54) is 24.0 Å². The van der Waals surface area contributed by atoms with E-state index in [2.05, 4.69) is 62.7 Å². The molecule has 1 rings (SSSR count). The molecule has 96 valence electrons. The molecule has 0 N–H and O–H groups in total. The molecular formula is C15H25NS. The first kappa shape index (κ1) is 14.6. The van der Waals surface area contributed by atoms with Crippen molar-refractivity contribution in [1.82, 2.24) is 4.90 Å². The lowest BCUT2D eigenvalue weighted by atomic mass is 10.1. The Labute approximate surface area is 112 Å². The van der Waals surface area contributed by atoms with Gasteiger partial charge in [0, 0.05) is 13.1 Å². The maximum absolute atomic E-state index is 4.44. The molecule has 0 heterocycles. The van der Waals surface area contributed by atoms with E-state index < -0.39 is 0 Å². The summed E-state index contributed by atoms with van der Waals surface area (Å²) in [7, 11) is 2.20. The minimum Gasteiger partial charge on any atom is -0.302 e. The van der Waals surface area contributed by atoms with Crippen LogP contribution in [0.3, 0.4) is 0 Å². The van der Waals surface area contributed by atoms with E-state index in [1.54, 1.807) is 0 Å². The molecule has 1 atom stereocenters. The van der Waals surface area contributed by atoms with Crippen LogP contribution in [-0.4, -0.2) is 24.2 Å². The number of thiol groups is 1. The highest BCUT2D eigenvalue weighted by Crippen LogP contribution is 2.12. The average Bonchev–Trinajstić information content (AvgIpc) is 2.28. The zero-order chi connectivity index (χ0) is 12.7. The molecular weight excluding hydrogens is 226 g/mol.